The van der Waals surface area contributed by atoms with Crippen molar-refractivity contribution >= 4 is 27.7 Å². The van der Waals surface area contributed by atoms with Crippen LogP contribution in [0.15, 0.2) is 22.8 Å². The molecule has 8 heteroatoms. The molecule has 124 valence electrons. The molecule has 1 aliphatic heterocycles. The zero-order valence-corrected chi connectivity index (χ0v) is 14.3. The Kier molecular flexibility index (Phi) is 6.34. The van der Waals surface area contributed by atoms with Crippen molar-refractivity contribution in [3.63, 3.8) is 0 Å². The Hall–Kier alpha value is -0.990. The Morgan fingerprint density at radius 2 is 2.36 bits per heavy atom. The summed E-state index contributed by atoms with van der Waals surface area (Å²) >= 11 is 1.69. The number of piperidine rings is 1. The van der Waals surface area contributed by atoms with Crippen LogP contribution < -0.4 is 5.32 Å². The van der Waals surface area contributed by atoms with Gasteiger partial charge in [-0.05, 0) is 25.0 Å². The van der Waals surface area contributed by atoms with Crippen molar-refractivity contribution in [3.05, 3.63) is 24.2 Å². The number of carbonyl (C=O) groups excluding carboxylic acids is 1. The van der Waals surface area contributed by atoms with Crippen LogP contribution in [0.3, 0.4) is 0 Å². The average Bonchev–Trinajstić information content (AvgIpc) is 2.99. The summed E-state index contributed by atoms with van der Waals surface area (Å²) in [4.78, 5) is 12.1. The summed E-state index contributed by atoms with van der Waals surface area (Å²) < 4.78 is 29.7. The zero-order chi connectivity index (χ0) is 16.0. The molecule has 1 N–H and O–H groups in total. The third-order valence-corrected chi connectivity index (χ3v) is 5.85. The molecule has 1 aliphatic rings. The fourth-order valence-corrected chi connectivity index (χ4v) is 4.08. The van der Waals surface area contributed by atoms with E-state index < -0.39 is 10.0 Å². The minimum Gasteiger partial charge on any atom is -0.468 e. The van der Waals surface area contributed by atoms with Crippen LogP contribution in [-0.2, 0) is 20.6 Å². The molecule has 0 spiro atoms. The molecule has 2 rings (SSSR count). The molecule has 0 aliphatic carbocycles. The van der Waals surface area contributed by atoms with E-state index in [1.807, 2.05) is 12.1 Å². The molecule has 1 saturated heterocycles. The van der Waals surface area contributed by atoms with E-state index in [-0.39, 0.29) is 11.8 Å². The number of hydrogen-bond donors (Lipinski definition) is 1. The maximum absolute atomic E-state index is 12.1. The van der Waals surface area contributed by atoms with Gasteiger partial charge >= 0.3 is 0 Å². The van der Waals surface area contributed by atoms with Crippen LogP contribution in [0.1, 0.15) is 18.6 Å². The smallest absolute Gasteiger partial charge is 0.224 e. The van der Waals surface area contributed by atoms with Crippen LogP contribution in [0.5, 0.6) is 0 Å². The standard InChI is InChI=1S/C14H22N2O4S2/c1-22(18,19)16-7-2-4-12(10-16)14(17)15-6-9-21-11-13-5-3-8-20-13/h3,5,8,12H,2,4,6-7,9-11H2,1H3,(H,15,17). The molecule has 1 unspecified atom stereocenters. The molecule has 0 radical (unpaired) electrons. The summed E-state index contributed by atoms with van der Waals surface area (Å²) in [7, 11) is -3.21. The second-order valence-electron chi connectivity index (χ2n) is 5.38. The van der Waals surface area contributed by atoms with Gasteiger partial charge in [0.1, 0.15) is 5.76 Å². The maximum atomic E-state index is 12.1. The lowest BCUT2D eigenvalue weighted by atomic mass is 9.99. The average molecular weight is 346 g/mol. The molecular weight excluding hydrogens is 324 g/mol. The van der Waals surface area contributed by atoms with Gasteiger partial charge in [-0.25, -0.2) is 12.7 Å². The Bertz CT molecular complexity index is 572. The highest BCUT2D eigenvalue weighted by Gasteiger charge is 2.29. The Labute approximate surface area is 135 Å². The molecule has 6 nitrogen and oxygen atoms in total. The van der Waals surface area contributed by atoms with Gasteiger partial charge in [0.05, 0.1) is 24.2 Å². The highest BCUT2D eigenvalue weighted by Crippen LogP contribution is 2.19. The van der Waals surface area contributed by atoms with Crippen molar-refractivity contribution in [1.29, 1.82) is 0 Å². The predicted molar refractivity (Wildman–Crippen MR) is 87.0 cm³/mol. The van der Waals surface area contributed by atoms with E-state index in [1.165, 1.54) is 10.6 Å². The molecule has 1 fully saturated rings. The summed E-state index contributed by atoms with van der Waals surface area (Å²) in [6, 6.07) is 3.78. The van der Waals surface area contributed by atoms with E-state index in [9.17, 15) is 13.2 Å². The molecule has 2 heterocycles. The lowest BCUT2D eigenvalue weighted by Crippen LogP contribution is -2.45. The van der Waals surface area contributed by atoms with E-state index in [4.69, 9.17) is 4.42 Å². The lowest BCUT2D eigenvalue weighted by Gasteiger charge is -2.30. The van der Waals surface area contributed by atoms with Gasteiger partial charge in [-0.15, -0.1) is 0 Å². The van der Waals surface area contributed by atoms with E-state index in [1.54, 1.807) is 18.0 Å². The number of sulfonamides is 1. The molecule has 1 atom stereocenters. The molecule has 1 aromatic heterocycles. The van der Waals surface area contributed by atoms with Crippen molar-refractivity contribution in [2.45, 2.75) is 18.6 Å². The van der Waals surface area contributed by atoms with E-state index in [0.29, 0.717) is 19.6 Å². The highest BCUT2D eigenvalue weighted by molar-refractivity contribution is 7.98. The molecule has 1 aromatic rings. The molecule has 22 heavy (non-hydrogen) atoms. The zero-order valence-electron chi connectivity index (χ0n) is 12.7. The largest absolute Gasteiger partial charge is 0.468 e. The second kappa shape index (κ2) is 8.03. The van der Waals surface area contributed by atoms with Crippen LogP contribution >= 0.6 is 11.8 Å². The minimum absolute atomic E-state index is 0.0491. The van der Waals surface area contributed by atoms with Crippen LogP contribution in [0.25, 0.3) is 0 Å². The lowest BCUT2D eigenvalue weighted by molar-refractivity contribution is -0.125. The third-order valence-electron chi connectivity index (χ3n) is 3.59. The summed E-state index contributed by atoms with van der Waals surface area (Å²) in [5, 5.41) is 2.89. The van der Waals surface area contributed by atoms with Crippen LogP contribution in [0, 0.1) is 5.92 Å². The number of furan rings is 1. The molecule has 0 aromatic carbocycles. The molecular formula is C14H22N2O4S2. The van der Waals surface area contributed by atoms with Gasteiger partial charge in [0.25, 0.3) is 0 Å². The normalized spacial score (nSPS) is 20.0. The van der Waals surface area contributed by atoms with Gasteiger partial charge in [-0.2, -0.15) is 11.8 Å². The Balaban J connectivity index is 1.66. The number of amides is 1. The number of thioether (sulfide) groups is 1. The monoisotopic (exact) mass is 346 g/mol. The number of nitrogens with one attached hydrogen (secondary N) is 1. The maximum Gasteiger partial charge on any atom is 0.224 e. The first-order valence-electron chi connectivity index (χ1n) is 7.30. The summed E-state index contributed by atoms with van der Waals surface area (Å²) in [5.74, 6) is 2.22. The van der Waals surface area contributed by atoms with Gasteiger partial charge in [0.2, 0.25) is 15.9 Å². The van der Waals surface area contributed by atoms with E-state index in [2.05, 4.69) is 5.32 Å². The minimum atomic E-state index is -3.21. The Morgan fingerprint density at radius 1 is 1.55 bits per heavy atom. The number of hydrogen-bond acceptors (Lipinski definition) is 5. The fraction of sp³-hybridized carbons (Fsp3) is 0.643. The molecule has 1 amide bonds. The van der Waals surface area contributed by atoms with Crippen molar-refractivity contribution in [2.75, 3.05) is 31.6 Å². The number of rotatable bonds is 7. The van der Waals surface area contributed by atoms with Gasteiger partial charge in [0, 0.05) is 25.4 Å². The third kappa shape index (κ3) is 5.33. The van der Waals surface area contributed by atoms with E-state index >= 15 is 0 Å². The first-order valence-corrected chi connectivity index (χ1v) is 10.3. The first kappa shape index (κ1) is 17.4. The summed E-state index contributed by atoms with van der Waals surface area (Å²) in [5.41, 5.74) is 0. The number of carbonyl (C=O) groups is 1. The Morgan fingerprint density at radius 3 is 3.05 bits per heavy atom. The fourth-order valence-electron chi connectivity index (χ4n) is 2.42. The van der Waals surface area contributed by atoms with Crippen LogP contribution in [0.2, 0.25) is 0 Å². The van der Waals surface area contributed by atoms with Gasteiger partial charge in [-0.3, -0.25) is 4.79 Å². The SMILES string of the molecule is CS(=O)(=O)N1CCCC(C(=O)NCCSCc2ccco2)C1. The van der Waals surface area contributed by atoms with Crippen molar-refractivity contribution < 1.29 is 17.6 Å². The van der Waals surface area contributed by atoms with Gasteiger partial charge in [0.15, 0.2) is 0 Å². The van der Waals surface area contributed by atoms with Crippen molar-refractivity contribution in [2.24, 2.45) is 5.92 Å². The summed E-state index contributed by atoms with van der Waals surface area (Å²) in [6.07, 6.45) is 4.32. The van der Waals surface area contributed by atoms with Gasteiger partial charge in [-0.1, -0.05) is 0 Å². The summed E-state index contributed by atoms with van der Waals surface area (Å²) in [6.45, 7) is 1.39. The highest BCUT2D eigenvalue weighted by atomic mass is 32.2. The number of nitrogens with zero attached hydrogens (tertiary/aromatic N) is 1. The predicted octanol–water partition coefficient (Wildman–Crippen LogP) is 1.30. The van der Waals surface area contributed by atoms with Crippen LogP contribution in [0.4, 0.5) is 0 Å². The topological polar surface area (TPSA) is 79.6 Å². The second-order valence-corrected chi connectivity index (χ2v) is 8.47. The molecule has 0 saturated carbocycles. The molecule has 0 bridgehead atoms. The van der Waals surface area contributed by atoms with Gasteiger partial charge < -0.3 is 9.73 Å². The van der Waals surface area contributed by atoms with Crippen molar-refractivity contribution in [1.82, 2.24) is 9.62 Å². The first-order chi connectivity index (χ1) is 10.5. The van der Waals surface area contributed by atoms with Crippen LogP contribution in [-0.4, -0.2) is 50.3 Å². The quantitative estimate of drug-likeness (QED) is 0.753. The van der Waals surface area contributed by atoms with Crippen molar-refractivity contribution in [3.8, 4) is 0 Å². The van der Waals surface area contributed by atoms with E-state index in [0.717, 1.165) is 30.1 Å².